The Balaban J connectivity index is 1.99. The molecule has 1 aliphatic heterocycles. The minimum absolute atomic E-state index is 0.160. The van der Waals surface area contributed by atoms with Crippen LogP contribution < -0.4 is 5.32 Å². The number of carbonyl (C=O) groups is 2. The Kier molecular flexibility index (Phi) is 6.37. The van der Waals surface area contributed by atoms with Crippen molar-refractivity contribution in [3.63, 3.8) is 0 Å². The van der Waals surface area contributed by atoms with Crippen molar-refractivity contribution in [2.75, 3.05) is 6.61 Å². The fraction of sp³-hybridized carbons (Fsp3) is 0.579. The van der Waals surface area contributed by atoms with Crippen molar-refractivity contribution in [1.82, 2.24) is 5.32 Å². The van der Waals surface area contributed by atoms with Gasteiger partial charge in [-0.05, 0) is 45.6 Å². The third-order valence-electron chi connectivity index (χ3n) is 3.80. The van der Waals surface area contributed by atoms with Crippen molar-refractivity contribution in [3.05, 3.63) is 35.9 Å². The third kappa shape index (κ3) is 5.96. The average Bonchev–Trinajstić information content (AvgIpc) is 3.03. The van der Waals surface area contributed by atoms with Crippen molar-refractivity contribution in [2.24, 2.45) is 0 Å². The Hall–Kier alpha value is -1.88. The van der Waals surface area contributed by atoms with Crippen molar-refractivity contribution in [3.8, 4) is 0 Å². The van der Waals surface area contributed by atoms with Crippen LogP contribution in [0.5, 0.6) is 0 Å². The number of hydrogen-bond acceptors (Lipinski definition) is 4. The molecule has 1 fully saturated rings. The molecule has 1 saturated heterocycles. The minimum atomic E-state index is -0.789. The van der Waals surface area contributed by atoms with Gasteiger partial charge in [0.1, 0.15) is 5.60 Å². The highest BCUT2D eigenvalue weighted by Gasteiger charge is 2.28. The summed E-state index contributed by atoms with van der Waals surface area (Å²) in [6.07, 6.45) is 3.24. The zero-order valence-corrected chi connectivity index (χ0v) is 14.7. The second-order valence-electron chi connectivity index (χ2n) is 7.12. The van der Waals surface area contributed by atoms with Crippen molar-refractivity contribution < 1.29 is 19.1 Å². The molecular formula is C19H27NO4. The molecule has 1 unspecified atom stereocenters. The molecule has 0 saturated carbocycles. The van der Waals surface area contributed by atoms with Gasteiger partial charge >= 0.3 is 5.97 Å². The normalized spacial score (nSPS) is 18.9. The quantitative estimate of drug-likeness (QED) is 0.812. The van der Waals surface area contributed by atoms with Crippen LogP contribution in [0.4, 0.5) is 0 Å². The summed E-state index contributed by atoms with van der Waals surface area (Å²) in [5, 5.41) is 2.81. The lowest BCUT2D eigenvalue weighted by Gasteiger charge is -2.25. The molecule has 1 aliphatic rings. The van der Waals surface area contributed by atoms with Gasteiger partial charge in [0.05, 0.1) is 6.10 Å². The van der Waals surface area contributed by atoms with Gasteiger partial charge < -0.3 is 14.8 Å². The zero-order chi connectivity index (χ0) is 17.6. The number of hydrogen-bond donors (Lipinski definition) is 1. The maximum atomic E-state index is 12.5. The summed E-state index contributed by atoms with van der Waals surface area (Å²) in [6, 6.07) is 8.39. The highest BCUT2D eigenvalue weighted by Crippen LogP contribution is 2.20. The van der Waals surface area contributed by atoms with Crippen LogP contribution >= 0.6 is 0 Å². The Bertz CT molecular complexity index is 544. The number of rotatable bonds is 6. The Morgan fingerprint density at radius 2 is 2.00 bits per heavy atom. The summed E-state index contributed by atoms with van der Waals surface area (Å²) < 4.78 is 11.0. The van der Waals surface area contributed by atoms with Crippen LogP contribution in [-0.2, 0) is 19.1 Å². The van der Waals surface area contributed by atoms with E-state index in [-0.39, 0.29) is 12.0 Å². The molecule has 1 aromatic carbocycles. The first kappa shape index (κ1) is 18.5. The number of nitrogens with one attached hydrogen (secondary N) is 1. The lowest BCUT2D eigenvalue weighted by molar-refractivity contribution is -0.159. The predicted molar refractivity (Wildman–Crippen MR) is 91.4 cm³/mol. The zero-order valence-electron chi connectivity index (χ0n) is 14.7. The van der Waals surface area contributed by atoms with E-state index in [4.69, 9.17) is 9.47 Å². The van der Waals surface area contributed by atoms with Crippen LogP contribution in [0.25, 0.3) is 0 Å². The topological polar surface area (TPSA) is 64.6 Å². The Labute approximate surface area is 143 Å². The monoisotopic (exact) mass is 333 g/mol. The van der Waals surface area contributed by atoms with E-state index in [2.05, 4.69) is 5.32 Å². The van der Waals surface area contributed by atoms with Crippen LogP contribution in [0.15, 0.2) is 30.3 Å². The van der Waals surface area contributed by atoms with Crippen molar-refractivity contribution in [1.29, 1.82) is 0 Å². The van der Waals surface area contributed by atoms with E-state index in [1.165, 1.54) is 0 Å². The molecule has 24 heavy (non-hydrogen) atoms. The van der Waals surface area contributed by atoms with Crippen LogP contribution in [0.3, 0.4) is 0 Å². The molecule has 2 rings (SSSR count). The maximum Gasteiger partial charge on any atom is 0.333 e. The van der Waals surface area contributed by atoms with Gasteiger partial charge in [-0.2, -0.15) is 0 Å². The minimum Gasteiger partial charge on any atom is -0.458 e. The summed E-state index contributed by atoms with van der Waals surface area (Å²) in [5.74, 6) is -0.607. The molecule has 0 bridgehead atoms. The number of amides is 1. The number of ether oxygens (including phenoxy) is 2. The second kappa shape index (κ2) is 8.29. The fourth-order valence-electron chi connectivity index (χ4n) is 2.68. The lowest BCUT2D eigenvalue weighted by Crippen LogP contribution is -2.38. The second-order valence-corrected chi connectivity index (χ2v) is 7.12. The van der Waals surface area contributed by atoms with E-state index in [0.29, 0.717) is 12.8 Å². The van der Waals surface area contributed by atoms with Gasteiger partial charge in [-0.25, -0.2) is 4.79 Å². The van der Waals surface area contributed by atoms with Gasteiger partial charge in [-0.15, -0.1) is 0 Å². The van der Waals surface area contributed by atoms with E-state index in [9.17, 15) is 9.59 Å². The molecule has 2 atom stereocenters. The molecule has 132 valence electrons. The first-order valence-electron chi connectivity index (χ1n) is 8.54. The van der Waals surface area contributed by atoms with Crippen LogP contribution in [0.1, 0.15) is 58.1 Å². The standard InChI is InChI=1S/C19H27NO4/c1-19(2,3)24-18(22)17(14-8-5-4-6-9-14)20-16(21)12-11-15-10-7-13-23-15/h4-6,8-9,15,17H,7,10-13H2,1-3H3,(H,20,21)/t15?,17-/m1/s1. The van der Waals surface area contributed by atoms with Gasteiger partial charge in [-0.3, -0.25) is 4.79 Å². The van der Waals surface area contributed by atoms with E-state index >= 15 is 0 Å². The highest BCUT2D eigenvalue weighted by molar-refractivity contribution is 5.85. The maximum absolute atomic E-state index is 12.5. The van der Waals surface area contributed by atoms with Gasteiger partial charge in [0.15, 0.2) is 6.04 Å². The molecule has 0 radical (unpaired) electrons. The van der Waals surface area contributed by atoms with Crippen LogP contribution in [-0.4, -0.2) is 30.2 Å². The van der Waals surface area contributed by atoms with Crippen LogP contribution in [0.2, 0.25) is 0 Å². The summed E-state index contributed by atoms with van der Waals surface area (Å²) in [5.41, 5.74) is 0.115. The predicted octanol–water partition coefficient (Wildman–Crippen LogP) is 3.14. The summed E-state index contributed by atoms with van der Waals surface area (Å²) >= 11 is 0. The molecule has 1 N–H and O–H groups in total. The molecule has 0 aromatic heterocycles. The largest absolute Gasteiger partial charge is 0.458 e. The number of carbonyl (C=O) groups excluding carboxylic acids is 2. The molecule has 5 nitrogen and oxygen atoms in total. The van der Waals surface area contributed by atoms with E-state index in [1.54, 1.807) is 0 Å². The van der Waals surface area contributed by atoms with Crippen LogP contribution in [0, 0.1) is 0 Å². The first-order chi connectivity index (χ1) is 11.3. The molecule has 0 aliphatic carbocycles. The molecular weight excluding hydrogens is 306 g/mol. The molecule has 5 heteroatoms. The smallest absolute Gasteiger partial charge is 0.333 e. The molecule has 1 aromatic rings. The van der Waals surface area contributed by atoms with E-state index in [0.717, 1.165) is 25.0 Å². The average molecular weight is 333 g/mol. The Morgan fingerprint density at radius 1 is 1.29 bits per heavy atom. The molecule has 1 amide bonds. The summed E-state index contributed by atoms with van der Waals surface area (Å²) in [6.45, 7) is 6.21. The SMILES string of the molecule is CC(C)(C)OC(=O)[C@H](NC(=O)CCC1CCCO1)c1ccccc1. The Morgan fingerprint density at radius 3 is 2.58 bits per heavy atom. The summed E-state index contributed by atoms with van der Waals surface area (Å²) in [4.78, 5) is 24.8. The van der Waals surface area contributed by atoms with Crippen molar-refractivity contribution in [2.45, 2.75) is 64.2 Å². The number of benzene rings is 1. The van der Waals surface area contributed by atoms with Gasteiger partial charge in [0.25, 0.3) is 0 Å². The van der Waals surface area contributed by atoms with E-state index in [1.807, 2.05) is 51.1 Å². The fourth-order valence-corrected chi connectivity index (χ4v) is 2.68. The molecule has 1 heterocycles. The molecule has 0 spiro atoms. The third-order valence-corrected chi connectivity index (χ3v) is 3.80. The van der Waals surface area contributed by atoms with Gasteiger partial charge in [0, 0.05) is 13.0 Å². The summed E-state index contributed by atoms with van der Waals surface area (Å²) in [7, 11) is 0. The number of esters is 1. The van der Waals surface area contributed by atoms with Gasteiger partial charge in [0.2, 0.25) is 5.91 Å². The lowest BCUT2D eigenvalue weighted by atomic mass is 10.1. The van der Waals surface area contributed by atoms with Crippen molar-refractivity contribution >= 4 is 11.9 Å². The first-order valence-corrected chi connectivity index (χ1v) is 8.54. The van der Waals surface area contributed by atoms with E-state index < -0.39 is 17.6 Å². The highest BCUT2D eigenvalue weighted by atomic mass is 16.6. The van der Waals surface area contributed by atoms with Gasteiger partial charge in [-0.1, -0.05) is 30.3 Å².